The number of tetrazole rings is 1. The van der Waals surface area contributed by atoms with Gasteiger partial charge in [0.05, 0.1) is 12.8 Å². The fourth-order valence-electron chi connectivity index (χ4n) is 6.07. The van der Waals surface area contributed by atoms with Crippen molar-refractivity contribution in [3.05, 3.63) is 53.3 Å². The van der Waals surface area contributed by atoms with E-state index in [0.29, 0.717) is 22.0 Å². The lowest BCUT2D eigenvalue weighted by atomic mass is 9.65. The summed E-state index contributed by atoms with van der Waals surface area (Å²) in [7, 11) is 1.62. The van der Waals surface area contributed by atoms with Crippen molar-refractivity contribution in [2.24, 2.45) is 10.8 Å². The molecule has 1 amide bonds. The van der Waals surface area contributed by atoms with Gasteiger partial charge in [0.2, 0.25) is 0 Å². The summed E-state index contributed by atoms with van der Waals surface area (Å²) in [5.41, 5.74) is 3.33. The van der Waals surface area contributed by atoms with E-state index in [1.54, 1.807) is 17.9 Å². The molecule has 1 aromatic heterocycles. The van der Waals surface area contributed by atoms with Gasteiger partial charge >= 0.3 is 0 Å². The average Bonchev–Trinajstić information content (AvgIpc) is 3.38. The molecule has 0 spiro atoms. The van der Waals surface area contributed by atoms with E-state index < -0.39 is 0 Å². The maximum absolute atomic E-state index is 13.9. The topological polar surface area (TPSA) is 73.1 Å². The molecule has 2 aliphatic rings. The van der Waals surface area contributed by atoms with Gasteiger partial charge in [-0.1, -0.05) is 32.4 Å². The first-order chi connectivity index (χ1) is 15.7. The summed E-state index contributed by atoms with van der Waals surface area (Å²) in [4.78, 5) is 16.0. The molecule has 2 unspecified atom stereocenters. The van der Waals surface area contributed by atoms with Crippen LogP contribution in [0.1, 0.15) is 50.4 Å². The second-order valence-electron chi connectivity index (χ2n) is 10.5. The van der Waals surface area contributed by atoms with E-state index in [4.69, 9.17) is 16.3 Å². The van der Waals surface area contributed by atoms with Gasteiger partial charge in [-0.15, -0.1) is 5.10 Å². The second-order valence-corrected chi connectivity index (χ2v) is 11.0. The van der Waals surface area contributed by atoms with Crippen LogP contribution in [0.25, 0.3) is 16.8 Å². The summed E-state index contributed by atoms with van der Waals surface area (Å²) in [6.45, 7) is 7.72. The van der Waals surface area contributed by atoms with Gasteiger partial charge in [-0.3, -0.25) is 4.79 Å². The number of carbonyl (C=O) groups excluding carboxylic acids is 1. The number of hydrogen-bond acceptors (Lipinski definition) is 5. The predicted octanol–water partition coefficient (Wildman–Crippen LogP) is 5.03. The molecule has 8 heteroatoms. The Hall–Kier alpha value is -2.93. The Morgan fingerprint density at radius 2 is 1.97 bits per heavy atom. The van der Waals surface area contributed by atoms with Gasteiger partial charge < -0.3 is 9.64 Å². The van der Waals surface area contributed by atoms with Crippen molar-refractivity contribution >= 4 is 17.5 Å². The lowest BCUT2D eigenvalue weighted by molar-refractivity contribution is 0.0708. The fourth-order valence-corrected chi connectivity index (χ4v) is 6.24. The highest BCUT2D eigenvalue weighted by Crippen LogP contribution is 2.52. The summed E-state index contributed by atoms with van der Waals surface area (Å²) >= 11 is 6.30. The van der Waals surface area contributed by atoms with E-state index in [9.17, 15) is 4.79 Å². The number of ether oxygens (including phenoxy) is 1. The molecule has 5 rings (SSSR count). The number of halogens is 1. The van der Waals surface area contributed by atoms with Gasteiger partial charge in [0.15, 0.2) is 0 Å². The van der Waals surface area contributed by atoms with Crippen LogP contribution in [-0.2, 0) is 0 Å². The van der Waals surface area contributed by atoms with Crippen LogP contribution in [0.15, 0.2) is 42.7 Å². The Kier molecular flexibility index (Phi) is 5.20. The minimum atomic E-state index is 0.0404. The lowest BCUT2D eigenvalue weighted by Gasteiger charge is -2.39. The number of amides is 1. The molecule has 2 aromatic carbocycles. The Balaban J connectivity index is 1.60. The van der Waals surface area contributed by atoms with Crippen LogP contribution >= 0.6 is 11.6 Å². The minimum absolute atomic E-state index is 0.0404. The highest BCUT2D eigenvalue weighted by atomic mass is 35.5. The number of fused-ring (bicyclic) bond motifs is 2. The molecule has 2 bridgehead atoms. The number of likely N-dealkylation sites (tertiary alicyclic amines) is 1. The molecule has 2 heterocycles. The highest BCUT2D eigenvalue weighted by molar-refractivity contribution is 6.31. The van der Waals surface area contributed by atoms with Crippen molar-refractivity contribution in [2.45, 2.75) is 46.1 Å². The van der Waals surface area contributed by atoms with Crippen LogP contribution in [0.3, 0.4) is 0 Å². The van der Waals surface area contributed by atoms with E-state index >= 15 is 0 Å². The van der Waals surface area contributed by atoms with E-state index in [1.807, 2.05) is 30.3 Å². The van der Waals surface area contributed by atoms with Crippen LogP contribution in [0, 0.1) is 10.8 Å². The second kappa shape index (κ2) is 7.83. The minimum Gasteiger partial charge on any atom is -0.496 e. The summed E-state index contributed by atoms with van der Waals surface area (Å²) in [5.74, 6) is 0.719. The number of nitrogens with zero attached hydrogens (tertiary/aromatic N) is 5. The van der Waals surface area contributed by atoms with Crippen molar-refractivity contribution in [3.63, 3.8) is 0 Å². The average molecular weight is 466 g/mol. The van der Waals surface area contributed by atoms with Gasteiger partial charge in [0, 0.05) is 28.7 Å². The van der Waals surface area contributed by atoms with E-state index in [0.717, 1.165) is 36.9 Å². The van der Waals surface area contributed by atoms with Crippen LogP contribution in [0.5, 0.6) is 5.75 Å². The van der Waals surface area contributed by atoms with Crippen LogP contribution in [-0.4, -0.2) is 50.7 Å². The van der Waals surface area contributed by atoms with Crippen molar-refractivity contribution in [3.8, 4) is 22.6 Å². The number of benzene rings is 2. The molecule has 0 radical (unpaired) electrons. The third kappa shape index (κ3) is 4.10. The quantitative estimate of drug-likeness (QED) is 0.540. The van der Waals surface area contributed by atoms with Gasteiger partial charge in [0.1, 0.15) is 12.1 Å². The SMILES string of the molecule is COc1ccc(Cl)cc1-c1cc(C(=O)N2CC3(C)CC2CC(C)(C)C3)cc(-n2cnnn2)c1. The molecule has 7 nitrogen and oxygen atoms in total. The molecule has 0 N–H and O–H groups in total. The first-order valence-electron chi connectivity index (χ1n) is 11.2. The van der Waals surface area contributed by atoms with E-state index in [1.165, 1.54) is 6.33 Å². The molecule has 2 fully saturated rings. The maximum Gasteiger partial charge on any atom is 0.254 e. The fraction of sp³-hybridized carbons (Fsp3) is 0.440. The molecular formula is C25H28ClN5O2. The third-order valence-electron chi connectivity index (χ3n) is 6.93. The molecule has 2 atom stereocenters. The summed E-state index contributed by atoms with van der Waals surface area (Å²) < 4.78 is 7.14. The zero-order valence-corrected chi connectivity index (χ0v) is 20.1. The summed E-state index contributed by atoms with van der Waals surface area (Å²) in [5, 5.41) is 12.1. The Bertz CT molecular complexity index is 1210. The Morgan fingerprint density at radius 3 is 2.70 bits per heavy atom. The summed E-state index contributed by atoms with van der Waals surface area (Å²) in [6.07, 6.45) is 4.74. The number of carbonyl (C=O) groups is 1. The number of rotatable bonds is 4. The van der Waals surface area contributed by atoms with Gasteiger partial charge in [0.25, 0.3) is 5.91 Å². The number of hydrogen-bond donors (Lipinski definition) is 0. The van der Waals surface area contributed by atoms with Crippen LogP contribution in [0.4, 0.5) is 0 Å². The lowest BCUT2D eigenvalue weighted by Crippen LogP contribution is -2.37. The predicted molar refractivity (Wildman–Crippen MR) is 127 cm³/mol. The largest absolute Gasteiger partial charge is 0.496 e. The van der Waals surface area contributed by atoms with Gasteiger partial charge in [-0.05, 0) is 82.5 Å². The molecule has 172 valence electrons. The molecular weight excluding hydrogens is 438 g/mol. The number of aromatic nitrogens is 4. The first-order valence-corrected chi connectivity index (χ1v) is 11.6. The monoisotopic (exact) mass is 465 g/mol. The molecule has 1 saturated heterocycles. The summed E-state index contributed by atoms with van der Waals surface area (Å²) in [6, 6.07) is 11.4. The van der Waals surface area contributed by atoms with Crippen molar-refractivity contribution in [2.75, 3.05) is 13.7 Å². The van der Waals surface area contributed by atoms with Crippen LogP contribution < -0.4 is 4.74 Å². The Morgan fingerprint density at radius 1 is 1.15 bits per heavy atom. The van der Waals surface area contributed by atoms with Crippen molar-refractivity contribution in [1.82, 2.24) is 25.1 Å². The standard InChI is InChI=1S/C25H28ClN5O2/c1-24(2)11-20-12-25(3,13-24)14-30(20)23(32)17-7-16(8-19(9-17)31-15-27-28-29-31)21-10-18(26)5-6-22(21)33-4/h5-10,15,20H,11-14H2,1-4H3. The normalized spacial score (nSPS) is 23.5. The van der Waals surface area contributed by atoms with Crippen molar-refractivity contribution in [1.29, 1.82) is 0 Å². The van der Waals surface area contributed by atoms with E-state index in [-0.39, 0.29) is 22.8 Å². The molecule has 1 aliphatic heterocycles. The van der Waals surface area contributed by atoms with Crippen LogP contribution in [0.2, 0.25) is 5.02 Å². The molecule has 3 aromatic rings. The van der Waals surface area contributed by atoms with Gasteiger partial charge in [-0.25, -0.2) is 4.68 Å². The molecule has 1 saturated carbocycles. The number of methoxy groups -OCH3 is 1. The Labute approximate surface area is 198 Å². The van der Waals surface area contributed by atoms with Gasteiger partial charge in [-0.2, -0.15) is 0 Å². The smallest absolute Gasteiger partial charge is 0.254 e. The first kappa shape index (κ1) is 21.9. The maximum atomic E-state index is 13.9. The molecule has 1 aliphatic carbocycles. The van der Waals surface area contributed by atoms with E-state index in [2.05, 4.69) is 41.2 Å². The zero-order chi connectivity index (χ0) is 23.4. The highest BCUT2D eigenvalue weighted by Gasteiger charge is 2.51. The zero-order valence-electron chi connectivity index (χ0n) is 19.4. The van der Waals surface area contributed by atoms with Crippen molar-refractivity contribution < 1.29 is 9.53 Å². The molecule has 33 heavy (non-hydrogen) atoms. The third-order valence-corrected chi connectivity index (χ3v) is 7.16.